The lowest BCUT2D eigenvalue weighted by Crippen LogP contribution is -2.42. The molecule has 0 saturated carbocycles. The van der Waals surface area contributed by atoms with Gasteiger partial charge < -0.3 is 14.4 Å². The van der Waals surface area contributed by atoms with Gasteiger partial charge in [-0.3, -0.25) is 9.48 Å². The minimum atomic E-state index is 0.0832. The number of hydrogen-bond donors (Lipinski definition) is 0. The number of nitrogens with zero attached hydrogens (tertiary/aromatic N) is 3. The second-order valence-corrected chi connectivity index (χ2v) is 5.96. The Morgan fingerprint density at radius 3 is 2.96 bits per heavy atom. The SMILES string of the molecule is Cc1ccc2c(c1)-c1c(cnn1CC(=O)N1CCOCC1)CO2. The van der Waals surface area contributed by atoms with Crippen LogP contribution in [-0.4, -0.2) is 46.9 Å². The zero-order valence-corrected chi connectivity index (χ0v) is 13.1. The number of carbonyl (C=O) groups is 1. The molecule has 1 aromatic carbocycles. The molecule has 4 rings (SSSR count). The highest BCUT2D eigenvalue weighted by Gasteiger charge is 2.25. The first-order valence-electron chi connectivity index (χ1n) is 7.86. The second-order valence-electron chi connectivity index (χ2n) is 5.96. The van der Waals surface area contributed by atoms with Crippen LogP contribution in [0.3, 0.4) is 0 Å². The molecule has 1 fully saturated rings. The van der Waals surface area contributed by atoms with Crippen LogP contribution in [0, 0.1) is 6.92 Å². The number of aryl methyl sites for hydroxylation is 1. The van der Waals surface area contributed by atoms with Crippen LogP contribution in [-0.2, 0) is 22.7 Å². The van der Waals surface area contributed by atoms with Crippen LogP contribution in [0.1, 0.15) is 11.1 Å². The maximum Gasteiger partial charge on any atom is 0.244 e. The Morgan fingerprint density at radius 2 is 2.13 bits per heavy atom. The number of amides is 1. The first-order chi connectivity index (χ1) is 11.2. The standard InChI is InChI=1S/C17H19N3O3/c1-12-2-3-15-14(8-12)17-13(11-23-15)9-18-20(17)10-16(21)19-4-6-22-7-5-19/h2-3,8-9H,4-7,10-11H2,1H3. The lowest BCUT2D eigenvalue weighted by Gasteiger charge is -2.27. The molecule has 2 aromatic rings. The quantitative estimate of drug-likeness (QED) is 0.845. The van der Waals surface area contributed by atoms with Gasteiger partial charge in [-0.1, -0.05) is 11.6 Å². The van der Waals surface area contributed by atoms with Crippen molar-refractivity contribution in [2.24, 2.45) is 0 Å². The smallest absolute Gasteiger partial charge is 0.244 e. The van der Waals surface area contributed by atoms with Crippen LogP contribution in [0.15, 0.2) is 24.4 Å². The van der Waals surface area contributed by atoms with Crippen molar-refractivity contribution in [3.8, 4) is 17.0 Å². The fourth-order valence-corrected chi connectivity index (χ4v) is 3.11. The molecular formula is C17H19N3O3. The van der Waals surface area contributed by atoms with E-state index in [1.807, 2.05) is 24.0 Å². The van der Waals surface area contributed by atoms with Crippen LogP contribution in [0.25, 0.3) is 11.3 Å². The van der Waals surface area contributed by atoms with E-state index < -0.39 is 0 Å². The van der Waals surface area contributed by atoms with Crippen LogP contribution in [0.2, 0.25) is 0 Å². The Bertz CT molecular complexity index is 748. The Balaban J connectivity index is 1.64. The van der Waals surface area contributed by atoms with Crippen molar-refractivity contribution >= 4 is 5.91 Å². The van der Waals surface area contributed by atoms with E-state index in [1.54, 1.807) is 10.9 Å². The third-order valence-corrected chi connectivity index (χ3v) is 4.34. The maximum absolute atomic E-state index is 12.5. The molecular weight excluding hydrogens is 294 g/mol. The van der Waals surface area contributed by atoms with Crippen LogP contribution < -0.4 is 4.74 Å². The predicted octanol–water partition coefficient (Wildman–Crippen LogP) is 1.61. The predicted molar refractivity (Wildman–Crippen MR) is 84.1 cm³/mol. The monoisotopic (exact) mass is 313 g/mol. The molecule has 0 bridgehead atoms. The summed E-state index contributed by atoms with van der Waals surface area (Å²) in [5.74, 6) is 0.934. The fourth-order valence-electron chi connectivity index (χ4n) is 3.11. The molecule has 1 aromatic heterocycles. The molecule has 2 aliphatic rings. The normalized spacial score (nSPS) is 16.5. The Hall–Kier alpha value is -2.34. The molecule has 1 saturated heterocycles. The number of benzene rings is 1. The van der Waals surface area contributed by atoms with Crippen LogP contribution in [0.4, 0.5) is 0 Å². The summed E-state index contributed by atoms with van der Waals surface area (Å²) < 4.78 is 12.9. The molecule has 0 N–H and O–H groups in total. The van der Waals surface area contributed by atoms with E-state index in [9.17, 15) is 4.79 Å². The van der Waals surface area contributed by atoms with Gasteiger partial charge in [-0.2, -0.15) is 5.10 Å². The third kappa shape index (κ3) is 2.59. The average Bonchev–Trinajstić information content (AvgIpc) is 2.99. The molecule has 23 heavy (non-hydrogen) atoms. The lowest BCUT2D eigenvalue weighted by molar-refractivity contribution is -0.136. The second kappa shape index (κ2) is 5.70. The Morgan fingerprint density at radius 1 is 1.30 bits per heavy atom. The summed E-state index contributed by atoms with van der Waals surface area (Å²) in [4.78, 5) is 14.3. The van der Waals surface area contributed by atoms with Gasteiger partial charge in [0.05, 0.1) is 25.1 Å². The average molecular weight is 313 g/mol. The summed E-state index contributed by atoms with van der Waals surface area (Å²) in [5, 5.41) is 4.42. The topological polar surface area (TPSA) is 56.6 Å². The first-order valence-corrected chi connectivity index (χ1v) is 7.86. The highest BCUT2D eigenvalue weighted by Crippen LogP contribution is 2.37. The van der Waals surface area contributed by atoms with Crippen molar-refractivity contribution in [2.75, 3.05) is 26.3 Å². The molecule has 1 amide bonds. The van der Waals surface area contributed by atoms with E-state index in [0.717, 1.165) is 28.1 Å². The summed E-state index contributed by atoms with van der Waals surface area (Å²) in [5.41, 5.74) is 4.19. The lowest BCUT2D eigenvalue weighted by atomic mass is 10.0. The Kier molecular flexibility index (Phi) is 3.53. The summed E-state index contributed by atoms with van der Waals surface area (Å²) in [6.45, 7) is 5.33. The molecule has 0 aliphatic carbocycles. The van der Waals surface area contributed by atoms with Gasteiger partial charge in [0.2, 0.25) is 5.91 Å². The highest BCUT2D eigenvalue weighted by molar-refractivity contribution is 5.78. The van der Waals surface area contributed by atoms with Gasteiger partial charge in [0, 0.05) is 24.2 Å². The van der Waals surface area contributed by atoms with Crippen molar-refractivity contribution < 1.29 is 14.3 Å². The molecule has 6 heteroatoms. The number of carbonyl (C=O) groups excluding carboxylic acids is 1. The number of aromatic nitrogens is 2. The van der Waals surface area contributed by atoms with Crippen molar-refractivity contribution in [1.29, 1.82) is 0 Å². The summed E-state index contributed by atoms with van der Waals surface area (Å²) in [7, 11) is 0. The van der Waals surface area contributed by atoms with E-state index in [0.29, 0.717) is 32.9 Å². The van der Waals surface area contributed by atoms with Gasteiger partial charge in [0.25, 0.3) is 0 Å². The zero-order chi connectivity index (χ0) is 15.8. The van der Waals surface area contributed by atoms with E-state index in [-0.39, 0.29) is 12.5 Å². The summed E-state index contributed by atoms with van der Waals surface area (Å²) >= 11 is 0. The van der Waals surface area contributed by atoms with Gasteiger partial charge in [0.1, 0.15) is 18.9 Å². The minimum Gasteiger partial charge on any atom is -0.488 e. The Labute approximate surface area is 134 Å². The molecule has 0 spiro atoms. The van der Waals surface area contributed by atoms with Crippen molar-refractivity contribution in [3.63, 3.8) is 0 Å². The van der Waals surface area contributed by atoms with Gasteiger partial charge in [-0.05, 0) is 19.1 Å². The van der Waals surface area contributed by atoms with Gasteiger partial charge >= 0.3 is 0 Å². The minimum absolute atomic E-state index is 0.0832. The van der Waals surface area contributed by atoms with E-state index >= 15 is 0 Å². The van der Waals surface area contributed by atoms with Gasteiger partial charge in [0.15, 0.2) is 0 Å². The van der Waals surface area contributed by atoms with Crippen molar-refractivity contribution in [2.45, 2.75) is 20.1 Å². The maximum atomic E-state index is 12.5. The van der Waals surface area contributed by atoms with Crippen LogP contribution >= 0.6 is 0 Å². The van der Waals surface area contributed by atoms with E-state index in [2.05, 4.69) is 11.2 Å². The first kappa shape index (κ1) is 14.3. The van der Waals surface area contributed by atoms with Gasteiger partial charge in [-0.15, -0.1) is 0 Å². The zero-order valence-electron chi connectivity index (χ0n) is 13.1. The summed E-state index contributed by atoms with van der Waals surface area (Å²) in [6, 6.07) is 6.10. The number of morpholine rings is 1. The number of rotatable bonds is 2. The van der Waals surface area contributed by atoms with E-state index in [4.69, 9.17) is 9.47 Å². The molecule has 0 atom stereocenters. The molecule has 3 heterocycles. The molecule has 120 valence electrons. The number of fused-ring (bicyclic) bond motifs is 3. The number of hydrogen-bond acceptors (Lipinski definition) is 4. The summed E-state index contributed by atoms with van der Waals surface area (Å²) in [6.07, 6.45) is 1.80. The fraction of sp³-hybridized carbons (Fsp3) is 0.412. The molecule has 6 nitrogen and oxygen atoms in total. The van der Waals surface area contributed by atoms with Crippen molar-refractivity contribution in [3.05, 3.63) is 35.5 Å². The highest BCUT2D eigenvalue weighted by atomic mass is 16.5. The number of ether oxygens (including phenoxy) is 2. The largest absolute Gasteiger partial charge is 0.488 e. The van der Waals surface area contributed by atoms with Crippen molar-refractivity contribution in [1.82, 2.24) is 14.7 Å². The molecule has 0 unspecified atom stereocenters. The van der Waals surface area contributed by atoms with Gasteiger partial charge in [-0.25, -0.2) is 0 Å². The van der Waals surface area contributed by atoms with Crippen LogP contribution in [0.5, 0.6) is 5.75 Å². The molecule has 0 radical (unpaired) electrons. The third-order valence-electron chi connectivity index (χ3n) is 4.34. The molecule has 2 aliphatic heterocycles. The van der Waals surface area contributed by atoms with E-state index in [1.165, 1.54) is 0 Å².